The summed E-state index contributed by atoms with van der Waals surface area (Å²) in [6, 6.07) is 7.38. The molecule has 12 heteroatoms. The number of hydrogen-bond donors (Lipinski definition) is 3. The van der Waals surface area contributed by atoms with Gasteiger partial charge in [0.05, 0.1) is 30.4 Å². The second-order valence-electron chi connectivity index (χ2n) is 10.5. The first-order valence-corrected chi connectivity index (χ1v) is 15.8. The monoisotopic (exact) mass is 578 g/mol. The lowest BCUT2D eigenvalue weighted by Gasteiger charge is -2.38. The van der Waals surface area contributed by atoms with E-state index in [2.05, 4.69) is 10.0 Å². The smallest absolute Gasteiger partial charge is 0.317 e. The predicted molar refractivity (Wildman–Crippen MR) is 151 cm³/mol. The quantitative estimate of drug-likeness (QED) is 0.438. The van der Waals surface area contributed by atoms with Crippen molar-refractivity contribution in [1.29, 1.82) is 0 Å². The maximum Gasteiger partial charge on any atom is 0.317 e. The van der Waals surface area contributed by atoms with Gasteiger partial charge in [-0.05, 0) is 43.3 Å². The molecular weight excluding hydrogens is 540 g/mol. The number of ether oxygens (including phenoxy) is 1. The summed E-state index contributed by atoms with van der Waals surface area (Å²) in [6.07, 6.45) is 4.77. The SMILES string of the molecule is C[C@@H]1CN([C@H](C)CO)C(=O)c2cccc(NS(=O)(=O)c3cccs3)c2O[C@H]1CN(C)C(=O)NC1CCCCC1. The molecule has 1 aliphatic carbocycles. The molecule has 3 atom stereocenters. The Morgan fingerprint density at radius 2 is 1.97 bits per heavy atom. The molecule has 1 saturated carbocycles. The average Bonchev–Trinajstić information content (AvgIpc) is 3.47. The summed E-state index contributed by atoms with van der Waals surface area (Å²) < 4.78 is 35.3. The Morgan fingerprint density at radius 1 is 1.23 bits per heavy atom. The van der Waals surface area contributed by atoms with Gasteiger partial charge in [0.25, 0.3) is 15.9 Å². The molecule has 0 radical (unpaired) electrons. The minimum atomic E-state index is -3.91. The average molecular weight is 579 g/mol. The van der Waals surface area contributed by atoms with Crippen molar-refractivity contribution < 1.29 is 27.9 Å². The van der Waals surface area contributed by atoms with Gasteiger partial charge in [-0.15, -0.1) is 11.3 Å². The van der Waals surface area contributed by atoms with Gasteiger partial charge in [0, 0.05) is 25.6 Å². The zero-order chi connectivity index (χ0) is 28.2. The highest BCUT2D eigenvalue weighted by Gasteiger charge is 2.35. The molecule has 1 aliphatic heterocycles. The van der Waals surface area contributed by atoms with Crippen LogP contribution in [0, 0.1) is 5.92 Å². The van der Waals surface area contributed by atoms with Crippen LogP contribution in [0.3, 0.4) is 0 Å². The molecule has 39 heavy (non-hydrogen) atoms. The number of fused-ring (bicyclic) bond motifs is 1. The number of sulfonamides is 1. The number of carbonyl (C=O) groups is 2. The van der Waals surface area contributed by atoms with Gasteiger partial charge < -0.3 is 25.0 Å². The maximum absolute atomic E-state index is 13.6. The lowest BCUT2D eigenvalue weighted by atomic mass is 9.96. The number of amides is 3. The minimum absolute atomic E-state index is 0.107. The molecule has 4 rings (SSSR count). The zero-order valence-electron chi connectivity index (χ0n) is 22.6. The van der Waals surface area contributed by atoms with Gasteiger partial charge in [0.2, 0.25) is 0 Å². The second kappa shape index (κ2) is 12.6. The summed E-state index contributed by atoms with van der Waals surface area (Å²) in [5.74, 6) is -0.490. The van der Waals surface area contributed by atoms with E-state index >= 15 is 0 Å². The number of carbonyl (C=O) groups excluding carboxylic acids is 2. The summed E-state index contributed by atoms with van der Waals surface area (Å²) in [7, 11) is -2.20. The van der Waals surface area contributed by atoms with E-state index in [0.29, 0.717) is 6.54 Å². The first kappa shape index (κ1) is 29.2. The molecule has 1 aromatic carbocycles. The van der Waals surface area contributed by atoms with Gasteiger partial charge in [-0.2, -0.15) is 0 Å². The number of para-hydroxylation sites is 1. The highest BCUT2D eigenvalue weighted by molar-refractivity contribution is 7.94. The van der Waals surface area contributed by atoms with Crippen LogP contribution in [-0.2, 0) is 10.0 Å². The Kier molecular flexibility index (Phi) is 9.39. The fourth-order valence-electron chi connectivity index (χ4n) is 5.04. The number of nitrogens with zero attached hydrogens (tertiary/aromatic N) is 2. The van der Waals surface area contributed by atoms with Gasteiger partial charge >= 0.3 is 6.03 Å². The maximum atomic E-state index is 13.6. The largest absolute Gasteiger partial charge is 0.485 e. The molecule has 0 unspecified atom stereocenters. The molecule has 3 amide bonds. The van der Waals surface area contributed by atoms with E-state index in [4.69, 9.17) is 4.74 Å². The number of aliphatic hydroxyl groups excluding tert-OH is 1. The number of nitrogens with one attached hydrogen (secondary N) is 2. The van der Waals surface area contributed by atoms with Crippen molar-refractivity contribution >= 4 is 39.0 Å². The number of hydrogen-bond acceptors (Lipinski definition) is 7. The van der Waals surface area contributed by atoms with Crippen molar-refractivity contribution in [1.82, 2.24) is 15.1 Å². The summed E-state index contributed by atoms with van der Waals surface area (Å²) in [5.41, 5.74) is 0.326. The Morgan fingerprint density at radius 3 is 2.64 bits per heavy atom. The molecule has 2 aliphatic rings. The lowest BCUT2D eigenvalue weighted by molar-refractivity contribution is 0.0368. The minimum Gasteiger partial charge on any atom is -0.485 e. The Balaban J connectivity index is 1.65. The number of thiophene rings is 1. The first-order valence-electron chi connectivity index (χ1n) is 13.4. The van der Waals surface area contributed by atoms with Gasteiger partial charge in [-0.25, -0.2) is 13.2 Å². The molecule has 1 fully saturated rings. The Hall–Kier alpha value is -2.83. The number of aliphatic hydroxyl groups is 1. The normalized spacial score (nSPS) is 21.2. The molecule has 1 aromatic heterocycles. The predicted octanol–water partition coefficient (Wildman–Crippen LogP) is 3.74. The van der Waals surface area contributed by atoms with Crippen molar-refractivity contribution in [3.63, 3.8) is 0 Å². The van der Waals surface area contributed by atoms with Crippen LogP contribution in [-0.4, -0.2) is 80.2 Å². The first-order chi connectivity index (χ1) is 18.6. The van der Waals surface area contributed by atoms with Crippen molar-refractivity contribution in [2.24, 2.45) is 5.92 Å². The molecule has 2 heterocycles. The molecule has 10 nitrogen and oxygen atoms in total. The number of anilines is 1. The summed E-state index contributed by atoms with van der Waals surface area (Å²) >= 11 is 1.08. The number of benzene rings is 1. The fourth-order valence-corrected chi connectivity index (χ4v) is 7.09. The Bertz CT molecular complexity index is 1250. The second-order valence-corrected chi connectivity index (χ2v) is 13.4. The van der Waals surface area contributed by atoms with E-state index in [0.717, 1.165) is 37.0 Å². The van der Waals surface area contributed by atoms with Crippen LogP contribution in [0.1, 0.15) is 56.3 Å². The van der Waals surface area contributed by atoms with E-state index in [1.165, 1.54) is 12.5 Å². The molecule has 0 bridgehead atoms. The third kappa shape index (κ3) is 6.85. The highest BCUT2D eigenvalue weighted by atomic mass is 32.2. The van der Waals surface area contributed by atoms with E-state index < -0.39 is 22.2 Å². The van der Waals surface area contributed by atoms with Gasteiger partial charge in [-0.3, -0.25) is 9.52 Å². The molecule has 2 aromatic rings. The standard InChI is InChI=1S/C27H38N4O6S2/c1-18-15-31(19(2)17-32)26(33)21-11-7-12-22(29-39(35,36)24-13-8-14-38-24)25(21)37-23(18)16-30(3)27(34)28-20-9-5-4-6-10-20/h7-8,11-14,18-20,23,29,32H,4-6,9-10,15-17H2,1-3H3,(H,28,34)/t18-,19-,23+/m1/s1. The van der Waals surface area contributed by atoms with Gasteiger partial charge in [0.1, 0.15) is 10.3 Å². The van der Waals surface area contributed by atoms with Crippen molar-refractivity contribution in [3.05, 3.63) is 41.3 Å². The van der Waals surface area contributed by atoms with Gasteiger partial charge in [0.15, 0.2) is 5.75 Å². The van der Waals surface area contributed by atoms with E-state index in [-0.39, 0.29) is 58.3 Å². The zero-order valence-corrected chi connectivity index (χ0v) is 24.3. The summed E-state index contributed by atoms with van der Waals surface area (Å²) in [5, 5.41) is 14.7. The summed E-state index contributed by atoms with van der Waals surface area (Å²) in [4.78, 5) is 29.8. The van der Waals surface area contributed by atoms with Crippen molar-refractivity contribution in [3.8, 4) is 5.75 Å². The molecule has 0 spiro atoms. The van der Waals surface area contributed by atoms with Crippen molar-refractivity contribution in [2.45, 2.75) is 68.3 Å². The van der Waals surface area contributed by atoms with Crippen LogP contribution in [0.15, 0.2) is 39.9 Å². The third-order valence-electron chi connectivity index (χ3n) is 7.43. The molecule has 214 valence electrons. The van der Waals surface area contributed by atoms with Crippen LogP contribution in [0.25, 0.3) is 0 Å². The number of rotatable bonds is 8. The molecule has 0 saturated heterocycles. The van der Waals surface area contributed by atoms with Crippen LogP contribution < -0.4 is 14.8 Å². The number of urea groups is 1. The lowest BCUT2D eigenvalue weighted by Crippen LogP contribution is -2.52. The van der Waals surface area contributed by atoms with Crippen LogP contribution in [0.4, 0.5) is 10.5 Å². The van der Waals surface area contributed by atoms with Crippen LogP contribution >= 0.6 is 11.3 Å². The Labute approximate surface area is 234 Å². The fraction of sp³-hybridized carbons (Fsp3) is 0.556. The topological polar surface area (TPSA) is 128 Å². The van der Waals surface area contributed by atoms with Crippen molar-refractivity contribution in [2.75, 3.05) is 31.5 Å². The third-order valence-corrected chi connectivity index (χ3v) is 10.2. The van der Waals surface area contributed by atoms with Crippen LogP contribution in [0.2, 0.25) is 0 Å². The van der Waals surface area contributed by atoms with Crippen LogP contribution in [0.5, 0.6) is 5.75 Å². The van der Waals surface area contributed by atoms with E-state index in [1.54, 1.807) is 53.4 Å². The number of likely N-dealkylation sites (N-methyl/N-ethyl adjacent to an activating group) is 1. The van der Waals surface area contributed by atoms with E-state index in [9.17, 15) is 23.1 Å². The van der Waals surface area contributed by atoms with E-state index in [1.807, 2.05) is 6.92 Å². The highest BCUT2D eigenvalue weighted by Crippen LogP contribution is 2.36. The van der Waals surface area contributed by atoms with Gasteiger partial charge in [-0.1, -0.05) is 38.3 Å². The molecular formula is C27H38N4O6S2. The summed E-state index contributed by atoms with van der Waals surface area (Å²) in [6.45, 7) is 3.97. The molecule has 3 N–H and O–H groups in total.